The molecule has 2 aromatic carbocycles. The van der Waals surface area contributed by atoms with Crippen LogP contribution in [0, 0.1) is 0 Å². The summed E-state index contributed by atoms with van der Waals surface area (Å²) in [5, 5.41) is 12.6. The van der Waals surface area contributed by atoms with E-state index in [4.69, 9.17) is 25.8 Å². The van der Waals surface area contributed by atoms with Gasteiger partial charge in [0.25, 0.3) is 0 Å². The Hall–Kier alpha value is -2.93. The van der Waals surface area contributed by atoms with Crippen molar-refractivity contribution in [3.05, 3.63) is 53.1 Å². The number of carboxylic acid groups (broad SMARTS) is 1. The lowest BCUT2D eigenvalue weighted by atomic mass is 10.0. The van der Waals surface area contributed by atoms with E-state index in [-0.39, 0.29) is 25.4 Å². The normalized spacial score (nSPS) is 11.4. The largest absolute Gasteiger partial charge is 0.493 e. The molecule has 0 bridgehead atoms. The summed E-state index contributed by atoms with van der Waals surface area (Å²) in [4.78, 5) is 23.7. The van der Waals surface area contributed by atoms with Crippen LogP contribution in [0.4, 0.5) is 0 Å². The monoisotopic (exact) mass is 435 g/mol. The molecule has 2 rings (SSSR count). The Kier molecular flexibility index (Phi) is 9.28. The molecule has 30 heavy (non-hydrogen) atoms. The summed E-state index contributed by atoms with van der Waals surface area (Å²) >= 11 is 5.83. The summed E-state index contributed by atoms with van der Waals surface area (Å²) in [6.45, 7) is 2.69. The van der Waals surface area contributed by atoms with Crippen LogP contribution < -0.4 is 19.5 Å². The molecule has 1 atom stereocenters. The lowest BCUT2D eigenvalue weighted by Gasteiger charge is -2.19. The lowest BCUT2D eigenvalue weighted by Crippen LogP contribution is -2.31. The molecule has 8 heteroatoms. The van der Waals surface area contributed by atoms with Gasteiger partial charge in [0.15, 0.2) is 11.5 Å². The first-order chi connectivity index (χ1) is 14.4. The van der Waals surface area contributed by atoms with E-state index >= 15 is 0 Å². The van der Waals surface area contributed by atoms with Crippen molar-refractivity contribution in [3.63, 3.8) is 0 Å². The van der Waals surface area contributed by atoms with Crippen LogP contribution in [0.1, 0.15) is 37.8 Å². The van der Waals surface area contributed by atoms with Crippen LogP contribution in [-0.2, 0) is 9.59 Å². The second kappa shape index (κ2) is 11.9. The van der Waals surface area contributed by atoms with Crippen LogP contribution in [0.2, 0.25) is 5.02 Å². The number of hydrogen-bond donors (Lipinski definition) is 2. The number of benzene rings is 2. The molecule has 0 aliphatic rings. The topological polar surface area (TPSA) is 94.1 Å². The van der Waals surface area contributed by atoms with Gasteiger partial charge in [-0.05, 0) is 48.4 Å². The van der Waals surface area contributed by atoms with E-state index in [1.165, 1.54) is 7.11 Å². The smallest absolute Gasteiger partial charge is 0.305 e. The summed E-state index contributed by atoms with van der Waals surface area (Å²) in [5.74, 6) is 0.307. The van der Waals surface area contributed by atoms with Gasteiger partial charge in [0, 0.05) is 5.02 Å². The van der Waals surface area contributed by atoms with Gasteiger partial charge in [-0.15, -0.1) is 0 Å². The lowest BCUT2D eigenvalue weighted by molar-refractivity contribution is -0.137. The summed E-state index contributed by atoms with van der Waals surface area (Å²) in [6.07, 6.45) is 0.663. The van der Waals surface area contributed by atoms with Gasteiger partial charge in [-0.2, -0.15) is 0 Å². The standard InChI is InChI=1S/C22H26ClNO6/c1-3-11-30-19-9-4-15(13-20(19)28-2)18(14-22(26)27)24-21(25)10-12-29-17-7-5-16(23)6-8-17/h4-9,13,18H,3,10-12,14H2,1-2H3,(H,24,25)(H,26,27). The quantitative estimate of drug-likeness (QED) is 0.518. The highest BCUT2D eigenvalue weighted by molar-refractivity contribution is 6.30. The van der Waals surface area contributed by atoms with Crippen LogP contribution in [0.25, 0.3) is 0 Å². The van der Waals surface area contributed by atoms with Crippen molar-refractivity contribution >= 4 is 23.5 Å². The maximum atomic E-state index is 12.4. The first-order valence-corrected chi connectivity index (χ1v) is 10.0. The summed E-state index contributed by atoms with van der Waals surface area (Å²) in [7, 11) is 1.51. The molecule has 0 saturated carbocycles. The van der Waals surface area contributed by atoms with Gasteiger partial charge in [-0.25, -0.2) is 0 Å². The third kappa shape index (κ3) is 7.48. The number of ether oxygens (including phenoxy) is 3. The Bertz CT molecular complexity index is 840. The van der Waals surface area contributed by atoms with E-state index in [2.05, 4.69) is 5.32 Å². The molecule has 0 aliphatic heterocycles. The van der Waals surface area contributed by atoms with Gasteiger partial charge >= 0.3 is 5.97 Å². The fraction of sp³-hybridized carbons (Fsp3) is 0.364. The number of methoxy groups -OCH3 is 1. The van der Waals surface area contributed by atoms with Gasteiger partial charge < -0.3 is 24.6 Å². The van der Waals surface area contributed by atoms with Crippen molar-refractivity contribution in [1.82, 2.24) is 5.32 Å². The highest BCUT2D eigenvalue weighted by Crippen LogP contribution is 2.31. The van der Waals surface area contributed by atoms with Crippen LogP contribution in [0.3, 0.4) is 0 Å². The van der Waals surface area contributed by atoms with Gasteiger partial charge in [-0.1, -0.05) is 24.6 Å². The fourth-order valence-electron chi connectivity index (χ4n) is 2.72. The fourth-order valence-corrected chi connectivity index (χ4v) is 2.84. The molecule has 0 heterocycles. The van der Waals surface area contributed by atoms with E-state index in [0.717, 1.165) is 6.42 Å². The molecule has 7 nitrogen and oxygen atoms in total. The predicted octanol–water partition coefficient (Wildman–Crippen LogP) is 4.24. The predicted molar refractivity (Wildman–Crippen MR) is 113 cm³/mol. The zero-order chi connectivity index (χ0) is 21.9. The number of amides is 1. The minimum Gasteiger partial charge on any atom is -0.493 e. The van der Waals surface area contributed by atoms with E-state index in [1.807, 2.05) is 6.92 Å². The third-order valence-corrected chi connectivity index (χ3v) is 4.43. The van der Waals surface area contributed by atoms with Crippen molar-refractivity contribution in [3.8, 4) is 17.2 Å². The maximum absolute atomic E-state index is 12.4. The molecule has 0 saturated heterocycles. The zero-order valence-corrected chi connectivity index (χ0v) is 17.8. The molecule has 1 unspecified atom stereocenters. The number of halogens is 1. The van der Waals surface area contributed by atoms with E-state index in [1.54, 1.807) is 42.5 Å². The van der Waals surface area contributed by atoms with E-state index in [0.29, 0.717) is 34.4 Å². The van der Waals surface area contributed by atoms with Gasteiger partial charge in [0.2, 0.25) is 5.91 Å². The Morgan fingerprint density at radius 3 is 2.43 bits per heavy atom. The highest BCUT2D eigenvalue weighted by atomic mass is 35.5. The van der Waals surface area contributed by atoms with Crippen LogP contribution in [0.15, 0.2) is 42.5 Å². The summed E-state index contributed by atoms with van der Waals surface area (Å²) < 4.78 is 16.5. The minimum absolute atomic E-state index is 0.0770. The molecule has 1 amide bonds. The average molecular weight is 436 g/mol. The molecular formula is C22H26ClNO6. The number of carboxylic acids is 1. The minimum atomic E-state index is -1.03. The van der Waals surface area contributed by atoms with Crippen molar-refractivity contribution in [2.75, 3.05) is 20.3 Å². The molecule has 162 valence electrons. The molecule has 0 fully saturated rings. The number of nitrogens with one attached hydrogen (secondary N) is 1. The highest BCUT2D eigenvalue weighted by Gasteiger charge is 2.20. The van der Waals surface area contributed by atoms with Crippen LogP contribution in [0.5, 0.6) is 17.2 Å². The number of aliphatic carboxylic acids is 1. The SMILES string of the molecule is CCCOc1ccc(C(CC(=O)O)NC(=O)CCOc2ccc(Cl)cc2)cc1OC. The number of hydrogen-bond acceptors (Lipinski definition) is 5. The van der Waals surface area contributed by atoms with E-state index < -0.39 is 12.0 Å². The first-order valence-electron chi connectivity index (χ1n) is 9.63. The van der Waals surface area contributed by atoms with E-state index in [9.17, 15) is 14.7 Å². The van der Waals surface area contributed by atoms with Gasteiger partial charge in [0.05, 0.1) is 39.2 Å². The van der Waals surface area contributed by atoms with Crippen LogP contribution >= 0.6 is 11.6 Å². The Morgan fingerprint density at radius 2 is 1.80 bits per heavy atom. The molecule has 0 aliphatic carbocycles. The van der Waals surface area contributed by atoms with Crippen molar-refractivity contribution in [2.24, 2.45) is 0 Å². The number of carbonyl (C=O) groups is 2. The average Bonchev–Trinajstić information content (AvgIpc) is 2.72. The van der Waals surface area contributed by atoms with Crippen LogP contribution in [-0.4, -0.2) is 37.3 Å². The second-order valence-electron chi connectivity index (χ2n) is 6.53. The third-order valence-electron chi connectivity index (χ3n) is 4.18. The molecule has 2 N–H and O–H groups in total. The second-order valence-corrected chi connectivity index (χ2v) is 6.97. The Morgan fingerprint density at radius 1 is 1.07 bits per heavy atom. The number of carbonyl (C=O) groups excluding carboxylic acids is 1. The first kappa shape index (κ1) is 23.3. The zero-order valence-electron chi connectivity index (χ0n) is 17.0. The summed E-state index contributed by atoms with van der Waals surface area (Å²) in [6, 6.07) is 11.2. The van der Waals surface area contributed by atoms with Crippen molar-refractivity contribution in [1.29, 1.82) is 0 Å². The Labute approximate surface area is 180 Å². The number of rotatable bonds is 12. The molecular weight excluding hydrogens is 410 g/mol. The van der Waals surface area contributed by atoms with Crippen molar-refractivity contribution < 1.29 is 28.9 Å². The molecule has 0 aromatic heterocycles. The summed E-state index contributed by atoms with van der Waals surface area (Å²) in [5.41, 5.74) is 0.616. The molecule has 0 radical (unpaired) electrons. The Balaban J connectivity index is 2.01. The van der Waals surface area contributed by atoms with Gasteiger partial charge in [-0.3, -0.25) is 9.59 Å². The molecule has 0 spiro atoms. The maximum Gasteiger partial charge on any atom is 0.305 e. The van der Waals surface area contributed by atoms with Crippen molar-refractivity contribution in [2.45, 2.75) is 32.2 Å². The van der Waals surface area contributed by atoms with Gasteiger partial charge in [0.1, 0.15) is 5.75 Å². The molecule has 2 aromatic rings.